The smallest absolute Gasteiger partial charge is 0.406 e. The molecule has 0 atom stereocenters. The maximum absolute atomic E-state index is 12.9. The lowest BCUT2D eigenvalue weighted by molar-refractivity contribution is -0.274. The zero-order valence-electron chi connectivity index (χ0n) is 18.4. The van der Waals surface area contributed by atoms with E-state index in [9.17, 15) is 18.0 Å². The molecule has 0 bridgehead atoms. The molecule has 10 heteroatoms. The molecule has 178 valence electrons. The molecule has 7 nitrogen and oxygen atoms in total. The molecule has 0 saturated carbocycles. The van der Waals surface area contributed by atoms with Crippen LogP contribution in [0.25, 0.3) is 11.1 Å². The van der Waals surface area contributed by atoms with E-state index >= 15 is 0 Å². The Labute approximate surface area is 194 Å². The average Bonchev–Trinajstić information content (AvgIpc) is 2.84. The molecule has 1 amide bonds. The van der Waals surface area contributed by atoms with Gasteiger partial charge < -0.3 is 19.7 Å². The van der Waals surface area contributed by atoms with E-state index in [1.165, 1.54) is 18.3 Å². The van der Waals surface area contributed by atoms with E-state index in [2.05, 4.69) is 24.9 Å². The number of benzene rings is 1. The van der Waals surface area contributed by atoms with Crippen LogP contribution in [0.1, 0.15) is 23.2 Å². The van der Waals surface area contributed by atoms with Gasteiger partial charge in [0.05, 0.1) is 5.56 Å². The minimum atomic E-state index is -4.78. The Kier molecular flexibility index (Phi) is 6.97. The summed E-state index contributed by atoms with van der Waals surface area (Å²) in [5.41, 5.74) is 2.19. The zero-order valence-corrected chi connectivity index (χ0v) is 18.4. The van der Waals surface area contributed by atoms with Crippen molar-refractivity contribution >= 4 is 17.4 Å². The van der Waals surface area contributed by atoms with Crippen LogP contribution in [0.5, 0.6) is 5.75 Å². The maximum Gasteiger partial charge on any atom is 0.573 e. The molecular formula is C24H23F3N4O3. The van der Waals surface area contributed by atoms with E-state index in [0.29, 0.717) is 24.5 Å². The summed E-state index contributed by atoms with van der Waals surface area (Å²) >= 11 is 0. The number of amides is 1. The first-order chi connectivity index (χ1) is 16.3. The molecule has 0 aliphatic carbocycles. The maximum atomic E-state index is 12.9. The standard InChI is InChI=1S/C24H23F3N4O3/c1-31(19-8-11-33-12-9-19)22-21(16-3-2-10-28-14-16)13-17(15-29-22)23(32)30-18-4-6-20(7-5-18)34-24(25,26)27/h2-7,10,13-15,19H,8-9,11-12H2,1H3,(H,30,32). The number of ether oxygens (including phenoxy) is 2. The number of hydrogen-bond acceptors (Lipinski definition) is 6. The van der Waals surface area contributed by atoms with Gasteiger partial charge in [-0.15, -0.1) is 13.2 Å². The van der Waals surface area contributed by atoms with E-state index in [1.54, 1.807) is 18.5 Å². The van der Waals surface area contributed by atoms with Crippen molar-refractivity contribution < 1.29 is 27.4 Å². The van der Waals surface area contributed by atoms with Gasteiger partial charge in [0.25, 0.3) is 5.91 Å². The molecular weight excluding hydrogens is 449 g/mol. The number of carbonyl (C=O) groups is 1. The number of alkyl halides is 3. The number of aromatic nitrogens is 2. The minimum absolute atomic E-state index is 0.258. The Balaban J connectivity index is 1.58. The van der Waals surface area contributed by atoms with Gasteiger partial charge in [-0.2, -0.15) is 0 Å². The van der Waals surface area contributed by atoms with E-state index in [1.807, 2.05) is 19.2 Å². The molecule has 34 heavy (non-hydrogen) atoms. The zero-order chi connectivity index (χ0) is 24.1. The Morgan fingerprint density at radius 3 is 2.53 bits per heavy atom. The van der Waals surface area contributed by atoms with Crippen LogP contribution in [0, 0.1) is 0 Å². The summed E-state index contributed by atoms with van der Waals surface area (Å²) in [4.78, 5) is 23.8. The molecule has 1 saturated heterocycles. The van der Waals surface area contributed by atoms with Gasteiger partial charge in [0.1, 0.15) is 11.6 Å². The van der Waals surface area contributed by atoms with Crippen molar-refractivity contribution in [2.24, 2.45) is 0 Å². The van der Waals surface area contributed by atoms with E-state index in [-0.39, 0.29) is 11.8 Å². The third-order valence-corrected chi connectivity index (χ3v) is 5.52. The SMILES string of the molecule is CN(c1ncc(C(=O)Nc2ccc(OC(F)(F)F)cc2)cc1-c1cccnc1)C1CCOCC1. The highest BCUT2D eigenvalue weighted by Crippen LogP contribution is 2.32. The van der Waals surface area contributed by atoms with Crippen molar-refractivity contribution in [3.8, 4) is 16.9 Å². The van der Waals surface area contributed by atoms with Gasteiger partial charge in [-0.1, -0.05) is 6.07 Å². The molecule has 1 N–H and O–H groups in total. The number of rotatable bonds is 6. The molecule has 1 aromatic carbocycles. The summed E-state index contributed by atoms with van der Waals surface area (Å²) in [6.07, 6.45) is 1.84. The van der Waals surface area contributed by atoms with Gasteiger partial charge in [0.2, 0.25) is 0 Å². The number of nitrogens with one attached hydrogen (secondary N) is 1. The largest absolute Gasteiger partial charge is 0.573 e. The Morgan fingerprint density at radius 2 is 1.88 bits per heavy atom. The molecule has 1 fully saturated rings. The quantitative estimate of drug-likeness (QED) is 0.550. The molecule has 0 unspecified atom stereocenters. The topological polar surface area (TPSA) is 76.6 Å². The van der Waals surface area contributed by atoms with Gasteiger partial charge in [0.15, 0.2) is 0 Å². The highest BCUT2D eigenvalue weighted by Gasteiger charge is 2.31. The molecule has 3 aromatic rings. The summed E-state index contributed by atoms with van der Waals surface area (Å²) in [7, 11) is 1.97. The van der Waals surface area contributed by atoms with Crippen LogP contribution >= 0.6 is 0 Å². The monoisotopic (exact) mass is 472 g/mol. The second kappa shape index (κ2) is 10.1. The van der Waals surface area contributed by atoms with Crippen LogP contribution in [-0.4, -0.2) is 48.5 Å². The lowest BCUT2D eigenvalue weighted by atomic mass is 10.0. The first-order valence-corrected chi connectivity index (χ1v) is 10.7. The fourth-order valence-corrected chi connectivity index (χ4v) is 3.79. The molecule has 1 aliphatic heterocycles. The first kappa shape index (κ1) is 23.5. The molecule has 0 radical (unpaired) electrons. The summed E-state index contributed by atoms with van der Waals surface area (Å²) in [5, 5.41) is 2.68. The van der Waals surface area contributed by atoms with Crippen LogP contribution < -0.4 is 15.0 Å². The van der Waals surface area contributed by atoms with Crippen molar-refractivity contribution in [2.75, 3.05) is 30.5 Å². The Hall–Kier alpha value is -3.66. The van der Waals surface area contributed by atoms with Gasteiger partial charge >= 0.3 is 6.36 Å². The lowest BCUT2D eigenvalue weighted by Gasteiger charge is -2.33. The molecule has 4 rings (SSSR count). The van der Waals surface area contributed by atoms with Gasteiger partial charge in [0, 0.05) is 61.7 Å². The Bertz CT molecular complexity index is 1120. The number of anilines is 2. The fraction of sp³-hybridized carbons (Fsp3) is 0.292. The number of nitrogens with zero attached hydrogens (tertiary/aromatic N) is 3. The molecule has 3 heterocycles. The number of hydrogen-bond donors (Lipinski definition) is 1. The highest BCUT2D eigenvalue weighted by molar-refractivity contribution is 6.05. The summed E-state index contributed by atoms with van der Waals surface area (Å²) in [6, 6.07) is 10.6. The van der Waals surface area contributed by atoms with Crippen LogP contribution in [-0.2, 0) is 4.74 Å². The average molecular weight is 472 g/mol. The third kappa shape index (κ3) is 5.82. The highest BCUT2D eigenvalue weighted by atomic mass is 19.4. The minimum Gasteiger partial charge on any atom is -0.406 e. The Morgan fingerprint density at radius 1 is 1.15 bits per heavy atom. The van der Waals surface area contributed by atoms with Crippen LogP contribution in [0.2, 0.25) is 0 Å². The van der Waals surface area contributed by atoms with Crippen molar-refractivity contribution in [1.29, 1.82) is 0 Å². The lowest BCUT2D eigenvalue weighted by Crippen LogP contribution is -2.37. The summed E-state index contributed by atoms with van der Waals surface area (Å²) in [6.45, 7) is 1.37. The van der Waals surface area contributed by atoms with Gasteiger partial charge in [-0.3, -0.25) is 9.78 Å². The summed E-state index contributed by atoms with van der Waals surface area (Å²) in [5.74, 6) is -0.0842. The normalized spacial score (nSPS) is 14.5. The van der Waals surface area contributed by atoms with E-state index in [4.69, 9.17) is 4.74 Å². The first-order valence-electron chi connectivity index (χ1n) is 10.7. The predicted molar refractivity (Wildman–Crippen MR) is 121 cm³/mol. The van der Waals surface area contributed by atoms with Crippen LogP contribution in [0.15, 0.2) is 61.1 Å². The number of carbonyl (C=O) groups excluding carboxylic acids is 1. The van der Waals surface area contributed by atoms with Crippen molar-refractivity contribution in [1.82, 2.24) is 9.97 Å². The number of pyridine rings is 2. The van der Waals surface area contributed by atoms with Crippen molar-refractivity contribution in [2.45, 2.75) is 25.2 Å². The fourth-order valence-electron chi connectivity index (χ4n) is 3.79. The van der Waals surface area contributed by atoms with E-state index < -0.39 is 12.3 Å². The molecule has 2 aromatic heterocycles. The predicted octanol–water partition coefficient (Wildman–Crippen LogP) is 4.91. The van der Waals surface area contributed by atoms with Crippen molar-refractivity contribution in [3.63, 3.8) is 0 Å². The third-order valence-electron chi connectivity index (χ3n) is 5.52. The number of halogens is 3. The van der Waals surface area contributed by atoms with E-state index in [0.717, 1.165) is 41.9 Å². The van der Waals surface area contributed by atoms with Gasteiger partial charge in [-0.05, 0) is 49.2 Å². The van der Waals surface area contributed by atoms with Crippen LogP contribution in [0.4, 0.5) is 24.7 Å². The second-order valence-electron chi connectivity index (χ2n) is 7.82. The van der Waals surface area contributed by atoms with Crippen LogP contribution in [0.3, 0.4) is 0 Å². The molecule has 0 spiro atoms. The molecule has 1 aliphatic rings. The second-order valence-corrected chi connectivity index (χ2v) is 7.82. The summed E-state index contributed by atoms with van der Waals surface area (Å²) < 4.78 is 46.4. The van der Waals surface area contributed by atoms with Gasteiger partial charge in [-0.25, -0.2) is 4.98 Å². The van der Waals surface area contributed by atoms with Crippen molar-refractivity contribution in [3.05, 3.63) is 66.6 Å².